The molecule has 0 aromatic rings. The smallest absolute Gasteiger partial charge is 0.210 e. The number of hydrogen-bond acceptors (Lipinski definition) is 2. The summed E-state index contributed by atoms with van der Waals surface area (Å²) in [6.45, 7) is 8.53. The van der Waals surface area contributed by atoms with Crippen molar-refractivity contribution in [2.24, 2.45) is 0 Å². The molecule has 13 heavy (non-hydrogen) atoms. The normalized spacial score (nSPS) is 24.8. The molecule has 76 valence electrons. The third-order valence-electron chi connectivity index (χ3n) is 2.76. The van der Waals surface area contributed by atoms with Gasteiger partial charge in [0, 0.05) is 25.7 Å². The molecule has 1 amide bonds. The fourth-order valence-electron chi connectivity index (χ4n) is 1.96. The van der Waals surface area contributed by atoms with Gasteiger partial charge in [0.2, 0.25) is 6.41 Å². The maximum absolute atomic E-state index is 10.7. The molecule has 0 saturated carbocycles. The van der Waals surface area contributed by atoms with E-state index in [0.29, 0.717) is 6.04 Å². The SMILES string of the molecule is CCCN1CCN(C=O)C(CC)C1. The molecule has 1 rings (SSSR count). The third-order valence-corrected chi connectivity index (χ3v) is 2.76. The van der Waals surface area contributed by atoms with Crippen molar-refractivity contribution in [2.75, 3.05) is 26.2 Å². The highest BCUT2D eigenvalue weighted by Crippen LogP contribution is 2.10. The van der Waals surface area contributed by atoms with E-state index in [4.69, 9.17) is 0 Å². The van der Waals surface area contributed by atoms with E-state index in [1.54, 1.807) is 0 Å². The number of rotatable bonds is 4. The van der Waals surface area contributed by atoms with Gasteiger partial charge in [-0.3, -0.25) is 9.69 Å². The minimum Gasteiger partial charge on any atom is -0.340 e. The van der Waals surface area contributed by atoms with E-state index in [0.717, 1.165) is 32.5 Å². The number of hydrogen-bond donors (Lipinski definition) is 0. The van der Waals surface area contributed by atoms with E-state index in [-0.39, 0.29) is 0 Å². The second kappa shape index (κ2) is 5.22. The molecule has 0 aromatic heterocycles. The zero-order chi connectivity index (χ0) is 9.68. The first-order chi connectivity index (χ1) is 6.31. The summed E-state index contributed by atoms with van der Waals surface area (Å²) < 4.78 is 0. The van der Waals surface area contributed by atoms with E-state index in [2.05, 4.69) is 18.7 Å². The standard InChI is InChI=1S/C10H20N2O/c1-3-5-11-6-7-12(9-13)10(4-2)8-11/h9-10H,3-8H2,1-2H3. The fraction of sp³-hybridized carbons (Fsp3) is 0.900. The van der Waals surface area contributed by atoms with Crippen molar-refractivity contribution in [1.82, 2.24) is 9.80 Å². The molecule has 0 aromatic carbocycles. The lowest BCUT2D eigenvalue weighted by molar-refractivity contribution is -0.122. The quantitative estimate of drug-likeness (QED) is 0.607. The van der Waals surface area contributed by atoms with Crippen molar-refractivity contribution < 1.29 is 4.79 Å². The summed E-state index contributed by atoms with van der Waals surface area (Å²) in [6, 6.07) is 0.442. The number of amides is 1. The van der Waals surface area contributed by atoms with Crippen LogP contribution < -0.4 is 0 Å². The Morgan fingerprint density at radius 3 is 2.69 bits per heavy atom. The summed E-state index contributed by atoms with van der Waals surface area (Å²) in [6.07, 6.45) is 3.27. The summed E-state index contributed by atoms with van der Waals surface area (Å²) in [5, 5.41) is 0. The molecule has 1 aliphatic heterocycles. The Morgan fingerprint density at radius 1 is 1.38 bits per heavy atom. The van der Waals surface area contributed by atoms with Gasteiger partial charge in [0.1, 0.15) is 0 Å². The van der Waals surface area contributed by atoms with Crippen LogP contribution >= 0.6 is 0 Å². The summed E-state index contributed by atoms with van der Waals surface area (Å²) >= 11 is 0. The molecule has 1 unspecified atom stereocenters. The first kappa shape index (κ1) is 10.5. The van der Waals surface area contributed by atoms with Crippen molar-refractivity contribution in [2.45, 2.75) is 32.7 Å². The summed E-state index contributed by atoms with van der Waals surface area (Å²) in [4.78, 5) is 15.1. The average Bonchev–Trinajstić information content (AvgIpc) is 2.18. The first-order valence-corrected chi connectivity index (χ1v) is 5.25. The fourth-order valence-corrected chi connectivity index (χ4v) is 1.96. The predicted molar refractivity (Wildman–Crippen MR) is 53.6 cm³/mol. The number of nitrogens with zero attached hydrogens (tertiary/aromatic N) is 2. The Bertz CT molecular complexity index is 161. The first-order valence-electron chi connectivity index (χ1n) is 5.25. The molecular weight excluding hydrogens is 164 g/mol. The van der Waals surface area contributed by atoms with Gasteiger partial charge in [-0.05, 0) is 19.4 Å². The van der Waals surface area contributed by atoms with Gasteiger partial charge < -0.3 is 4.90 Å². The van der Waals surface area contributed by atoms with Crippen LogP contribution in [-0.2, 0) is 4.79 Å². The van der Waals surface area contributed by atoms with Gasteiger partial charge in [0.15, 0.2) is 0 Å². The van der Waals surface area contributed by atoms with Gasteiger partial charge in [-0.1, -0.05) is 13.8 Å². The van der Waals surface area contributed by atoms with E-state index in [1.807, 2.05) is 4.90 Å². The lowest BCUT2D eigenvalue weighted by Gasteiger charge is -2.39. The molecule has 0 radical (unpaired) electrons. The van der Waals surface area contributed by atoms with Gasteiger partial charge in [0.25, 0.3) is 0 Å². The van der Waals surface area contributed by atoms with Crippen LogP contribution in [0.2, 0.25) is 0 Å². The lowest BCUT2D eigenvalue weighted by Crippen LogP contribution is -2.52. The molecule has 0 aliphatic carbocycles. The van der Waals surface area contributed by atoms with Gasteiger partial charge in [0.05, 0.1) is 0 Å². The van der Waals surface area contributed by atoms with Crippen LogP contribution in [0.4, 0.5) is 0 Å². The van der Waals surface area contributed by atoms with Gasteiger partial charge in [-0.25, -0.2) is 0 Å². The second-order valence-electron chi connectivity index (χ2n) is 3.71. The average molecular weight is 184 g/mol. The molecule has 0 N–H and O–H groups in total. The summed E-state index contributed by atoms with van der Waals surface area (Å²) in [7, 11) is 0. The largest absolute Gasteiger partial charge is 0.340 e. The van der Waals surface area contributed by atoms with Crippen LogP contribution in [-0.4, -0.2) is 48.4 Å². The van der Waals surface area contributed by atoms with Crippen LogP contribution in [0, 0.1) is 0 Å². The third kappa shape index (κ3) is 2.69. The summed E-state index contributed by atoms with van der Waals surface area (Å²) in [5.74, 6) is 0. The van der Waals surface area contributed by atoms with E-state index in [9.17, 15) is 4.79 Å². The highest BCUT2D eigenvalue weighted by atomic mass is 16.1. The highest BCUT2D eigenvalue weighted by Gasteiger charge is 2.23. The predicted octanol–water partition coefficient (Wildman–Crippen LogP) is 0.949. The molecule has 3 heteroatoms. The van der Waals surface area contributed by atoms with Crippen molar-refractivity contribution >= 4 is 6.41 Å². The van der Waals surface area contributed by atoms with Crippen molar-refractivity contribution in [3.8, 4) is 0 Å². The molecule has 1 fully saturated rings. The van der Waals surface area contributed by atoms with Crippen molar-refractivity contribution in [1.29, 1.82) is 0 Å². The Labute approximate surface area is 80.7 Å². The maximum Gasteiger partial charge on any atom is 0.210 e. The monoisotopic (exact) mass is 184 g/mol. The number of carbonyl (C=O) groups is 1. The molecular formula is C10H20N2O. The van der Waals surface area contributed by atoms with Gasteiger partial charge in [-0.15, -0.1) is 0 Å². The second-order valence-corrected chi connectivity index (χ2v) is 3.71. The van der Waals surface area contributed by atoms with Crippen LogP contribution in [0.5, 0.6) is 0 Å². The molecule has 1 aliphatic rings. The van der Waals surface area contributed by atoms with Crippen LogP contribution in [0.15, 0.2) is 0 Å². The molecule has 0 bridgehead atoms. The molecule has 1 saturated heterocycles. The minimum absolute atomic E-state index is 0.442. The van der Waals surface area contributed by atoms with Crippen LogP contribution in [0.3, 0.4) is 0 Å². The Kier molecular flexibility index (Phi) is 4.22. The van der Waals surface area contributed by atoms with Gasteiger partial charge in [-0.2, -0.15) is 0 Å². The van der Waals surface area contributed by atoms with E-state index < -0.39 is 0 Å². The van der Waals surface area contributed by atoms with Crippen molar-refractivity contribution in [3.63, 3.8) is 0 Å². The Morgan fingerprint density at radius 2 is 2.15 bits per heavy atom. The molecule has 0 spiro atoms. The van der Waals surface area contributed by atoms with Gasteiger partial charge >= 0.3 is 0 Å². The molecule has 1 atom stereocenters. The Balaban J connectivity index is 2.42. The van der Waals surface area contributed by atoms with E-state index in [1.165, 1.54) is 13.0 Å². The zero-order valence-corrected chi connectivity index (χ0v) is 8.70. The molecule has 3 nitrogen and oxygen atoms in total. The number of carbonyl (C=O) groups excluding carboxylic acids is 1. The van der Waals surface area contributed by atoms with Crippen molar-refractivity contribution in [3.05, 3.63) is 0 Å². The Hall–Kier alpha value is -0.570. The topological polar surface area (TPSA) is 23.6 Å². The van der Waals surface area contributed by atoms with E-state index >= 15 is 0 Å². The number of piperazine rings is 1. The van der Waals surface area contributed by atoms with Crippen LogP contribution in [0.25, 0.3) is 0 Å². The zero-order valence-electron chi connectivity index (χ0n) is 8.70. The lowest BCUT2D eigenvalue weighted by atomic mass is 10.1. The molecule has 1 heterocycles. The minimum atomic E-state index is 0.442. The van der Waals surface area contributed by atoms with Crippen LogP contribution in [0.1, 0.15) is 26.7 Å². The maximum atomic E-state index is 10.7. The summed E-state index contributed by atoms with van der Waals surface area (Å²) in [5.41, 5.74) is 0. The highest BCUT2D eigenvalue weighted by molar-refractivity contribution is 5.48.